The first-order valence-electron chi connectivity index (χ1n) is 8.30. The van der Waals surface area contributed by atoms with Gasteiger partial charge in [-0.05, 0) is 12.3 Å². The van der Waals surface area contributed by atoms with Gasteiger partial charge in [-0.15, -0.1) is 0 Å². The summed E-state index contributed by atoms with van der Waals surface area (Å²) < 4.78 is 0. The Morgan fingerprint density at radius 1 is 1.39 bits per heavy atom. The maximum absolute atomic E-state index is 9.38. The van der Waals surface area contributed by atoms with Crippen molar-refractivity contribution in [3.8, 4) is 0 Å². The van der Waals surface area contributed by atoms with Crippen LogP contribution in [0.15, 0.2) is 0 Å². The Bertz CT molecular complexity index is 494. The third-order valence-electron chi connectivity index (χ3n) is 4.14. The van der Waals surface area contributed by atoms with Gasteiger partial charge in [0.25, 0.3) is 0 Å². The van der Waals surface area contributed by atoms with Crippen LogP contribution >= 0.6 is 22.9 Å². The van der Waals surface area contributed by atoms with Crippen molar-refractivity contribution >= 4 is 28.1 Å². The lowest BCUT2D eigenvalue weighted by molar-refractivity contribution is 0.0481. The van der Waals surface area contributed by atoms with E-state index in [1.165, 1.54) is 0 Å². The van der Waals surface area contributed by atoms with Crippen molar-refractivity contribution in [2.45, 2.75) is 32.9 Å². The van der Waals surface area contributed by atoms with E-state index in [-0.39, 0.29) is 6.61 Å². The van der Waals surface area contributed by atoms with Crippen molar-refractivity contribution in [1.29, 1.82) is 0 Å². The van der Waals surface area contributed by atoms with E-state index in [4.69, 9.17) is 11.6 Å². The van der Waals surface area contributed by atoms with Gasteiger partial charge in [0.05, 0.1) is 4.88 Å². The summed E-state index contributed by atoms with van der Waals surface area (Å²) in [6.45, 7) is 9.79. The third kappa shape index (κ3) is 5.29. The Morgan fingerprint density at radius 3 is 2.70 bits per heavy atom. The first-order valence-corrected chi connectivity index (χ1v) is 9.50. The van der Waals surface area contributed by atoms with Gasteiger partial charge in [-0.3, -0.25) is 9.80 Å². The molecule has 1 saturated heterocycles. The second kappa shape index (κ2) is 8.62. The normalized spacial score (nSPS) is 20.4. The van der Waals surface area contributed by atoms with Crippen molar-refractivity contribution in [3.63, 3.8) is 0 Å². The summed E-state index contributed by atoms with van der Waals surface area (Å²) in [5.41, 5.74) is 0. The van der Waals surface area contributed by atoms with E-state index in [2.05, 4.69) is 28.6 Å². The SMILES string of the molecule is CC(C)CN1CCN(Cc2sc(N(C)C)nc2Cl)CC1CCO. The molecular weight excluding hydrogens is 332 g/mol. The molecular formula is C16H29ClN4OS. The lowest BCUT2D eigenvalue weighted by atomic mass is 10.1. The second-order valence-electron chi connectivity index (χ2n) is 6.89. The van der Waals surface area contributed by atoms with E-state index in [1.54, 1.807) is 11.3 Å². The Labute approximate surface area is 148 Å². The molecule has 1 aromatic rings. The van der Waals surface area contributed by atoms with Crippen LogP contribution in [-0.2, 0) is 6.54 Å². The van der Waals surface area contributed by atoms with Gasteiger partial charge in [-0.1, -0.05) is 36.8 Å². The maximum atomic E-state index is 9.38. The molecule has 132 valence electrons. The van der Waals surface area contributed by atoms with Crippen LogP contribution in [0, 0.1) is 5.92 Å². The molecule has 0 spiro atoms. The van der Waals surface area contributed by atoms with Crippen molar-refractivity contribution in [1.82, 2.24) is 14.8 Å². The number of aliphatic hydroxyl groups is 1. The summed E-state index contributed by atoms with van der Waals surface area (Å²) >= 11 is 7.96. The van der Waals surface area contributed by atoms with Gasteiger partial charge in [-0.2, -0.15) is 0 Å². The minimum Gasteiger partial charge on any atom is -0.396 e. The molecule has 5 nitrogen and oxygen atoms in total. The number of thiazole rings is 1. The summed E-state index contributed by atoms with van der Waals surface area (Å²) in [6, 6.07) is 0.427. The topological polar surface area (TPSA) is 42.8 Å². The van der Waals surface area contributed by atoms with Crippen molar-refractivity contribution in [2.24, 2.45) is 5.92 Å². The number of hydrogen-bond donors (Lipinski definition) is 1. The number of aliphatic hydroxyl groups excluding tert-OH is 1. The Hall–Kier alpha value is -0.400. The first kappa shape index (κ1) is 18.9. The first-order chi connectivity index (χ1) is 10.9. The monoisotopic (exact) mass is 360 g/mol. The molecule has 1 aromatic heterocycles. The molecule has 0 radical (unpaired) electrons. The third-order valence-corrected chi connectivity index (χ3v) is 5.77. The number of hydrogen-bond acceptors (Lipinski definition) is 6. The highest BCUT2D eigenvalue weighted by Gasteiger charge is 2.27. The molecule has 0 bridgehead atoms. The van der Waals surface area contributed by atoms with Crippen LogP contribution in [0.25, 0.3) is 0 Å². The predicted octanol–water partition coefficient (Wildman–Crippen LogP) is 2.39. The van der Waals surface area contributed by atoms with Crippen LogP contribution in [0.2, 0.25) is 5.15 Å². The average Bonchev–Trinajstić information content (AvgIpc) is 2.83. The van der Waals surface area contributed by atoms with Gasteiger partial charge in [-0.25, -0.2) is 4.98 Å². The van der Waals surface area contributed by atoms with Crippen LogP contribution in [-0.4, -0.2) is 72.8 Å². The van der Waals surface area contributed by atoms with E-state index in [1.807, 2.05) is 19.0 Å². The molecule has 7 heteroatoms. The molecule has 1 fully saturated rings. The molecule has 2 rings (SSSR count). The van der Waals surface area contributed by atoms with Gasteiger partial charge >= 0.3 is 0 Å². The van der Waals surface area contributed by atoms with Gasteiger partial charge in [0.1, 0.15) is 5.15 Å². The molecule has 2 heterocycles. The Balaban J connectivity index is 1.99. The van der Waals surface area contributed by atoms with Crippen molar-refractivity contribution in [3.05, 3.63) is 10.0 Å². The van der Waals surface area contributed by atoms with Crippen LogP contribution in [0.5, 0.6) is 0 Å². The summed E-state index contributed by atoms with van der Waals surface area (Å²) in [7, 11) is 3.97. The van der Waals surface area contributed by atoms with Crippen LogP contribution in [0.1, 0.15) is 25.1 Å². The number of piperazine rings is 1. The molecule has 1 unspecified atom stereocenters. The number of nitrogens with zero attached hydrogens (tertiary/aromatic N) is 4. The van der Waals surface area contributed by atoms with E-state index in [9.17, 15) is 5.11 Å². The molecule has 0 aromatic carbocycles. The highest BCUT2D eigenvalue weighted by Crippen LogP contribution is 2.30. The van der Waals surface area contributed by atoms with E-state index in [0.29, 0.717) is 17.1 Å². The summed E-state index contributed by atoms with van der Waals surface area (Å²) in [5.74, 6) is 0.654. The van der Waals surface area contributed by atoms with Crippen molar-refractivity contribution < 1.29 is 5.11 Å². The van der Waals surface area contributed by atoms with Gasteiger partial charge < -0.3 is 10.0 Å². The van der Waals surface area contributed by atoms with Gasteiger partial charge in [0, 0.05) is 59.5 Å². The molecule has 1 aliphatic heterocycles. The smallest absolute Gasteiger partial charge is 0.186 e. The van der Waals surface area contributed by atoms with Crippen LogP contribution < -0.4 is 4.90 Å². The quantitative estimate of drug-likeness (QED) is 0.808. The fourth-order valence-electron chi connectivity index (χ4n) is 3.05. The number of anilines is 1. The minimum atomic E-state index is 0.249. The largest absolute Gasteiger partial charge is 0.396 e. The molecule has 23 heavy (non-hydrogen) atoms. The molecule has 1 atom stereocenters. The standard InChI is InChI=1S/C16H29ClN4OS/c1-12(2)9-21-7-6-20(10-13(21)5-8-22)11-14-15(17)18-16(23-14)19(3)4/h12-13,22H,5-11H2,1-4H3. The lowest BCUT2D eigenvalue weighted by Gasteiger charge is -2.42. The summed E-state index contributed by atoms with van der Waals surface area (Å²) in [5, 5.41) is 11.0. The van der Waals surface area contributed by atoms with E-state index in [0.717, 1.165) is 49.2 Å². The van der Waals surface area contributed by atoms with Crippen LogP contribution in [0.3, 0.4) is 0 Å². The highest BCUT2D eigenvalue weighted by atomic mass is 35.5. The minimum absolute atomic E-state index is 0.249. The number of halogens is 1. The molecule has 1 aliphatic rings. The fraction of sp³-hybridized carbons (Fsp3) is 0.812. The fourth-order valence-corrected chi connectivity index (χ4v) is 4.27. The Kier molecular flexibility index (Phi) is 7.10. The van der Waals surface area contributed by atoms with E-state index >= 15 is 0 Å². The lowest BCUT2D eigenvalue weighted by Crippen LogP contribution is -2.53. The predicted molar refractivity (Wildman–Crippen MR) is 98.6 cm³/mol. The van der Waals surface area contributed by atoms with E-state index < -0.39 is 0 Å². The average molecular weight is 361 g/mol. The molecule has 0 amide bonds. The highest BCUT2D eigenvalue weighted by molar-refractivity contribution is 7.16. The maximum Gasteiger partial charge on any atom is 0.186 e. The zero-order valence-electron chi connectivity index (χ0n) is 14.6. The van der Waals surface area contributed by atoms with Gasteiger partial charge in [0.15, 0.2) is 5.13 Å². The molecule has 0 aliphatic carbocycles. The number of rotatable bonds is 7. The molecule has 0 saturated carbocycles. The summed E-state index contributed by atoms with van der Waals surface area (Å²) in [6.07, 6.45) is 0.836. The van der Waals surface area contributed by atoms with Crippen molar-refractivity contribution in [2.75, 3.05) is 51.8 Å². The Morgan fingerprint density at radius 2 is 2.13 bits per heavy atom. The zero-order valence-corrected chi connectivity index (χ0v) is 16.2. The second-order valence-corrected chi connectivity index (χ2v) is 8.31. The summed E-state index contributed by atoms with van der Waals surface area (Å²) in [4.78, 5) is 12.5. The number of aromatic nitrogens is 1. The van der Waals surface area contributed by atoms with Crippen LogP contribution in [0.4, 0.5) is 5.13 Å². The zero-order chi connectivity index (χ0) is 17.0. The molecule has 1 N–H and O–H groups in total. The van der Waals surface area contributed by atoms with Gasteiger partial charge in [0.2, 0.25) is 0 Å².